The fourth-order valence-electron chi connectivity index (χ4n) is 2.77. The SMILES string of the molecule is N[C@@H](Cc1c[nH]c2ccccc12)c1nnc(SCc2ccccc2)o1. The van der Waals surface area contributed by atoms with E-state index in [1.54, 1.807) is 0 Å². The van der Waals surface area contributed by atoms with Crippen molar-refractivity contribution in [1.29, 1.82) is 0 Å². The van der Waals surface area contributed by atoms with Gasteiger partial charge in [0.2, 0.25) is 5.89 Å². The topological polar surface area (TPSA) is 80.7 Å². The molecule has 0 amide bonds. The Labute approximate surface area is 149 Å². The van der Waals surface area contributed by atoms with Gasteiger partial charge in [-0.25, -0.2) is 0 Å². The highest BCUT2D eigenvalue weighted by Crippen LogP contribution is 2.26. The molecule has 2 aromatic heterocycles. The standard InChI is InChI=1S/C19H18N4OS/c20-16(10-14-11-21-17-9-5-4-8-15(14)17)18-22-23-19(24-18)25-12-13-6-2-1-3-7-13/h1-9,11,16,21H,10,12,20H2/t16-/m0/s1. The molecule has 0 spiro atoms. The van der Waals surface area contributed by atoms with Crippen LogP contribution in [0.4, 0.5) is 0 Å². The molecular formula is C19H18N4OS. The van der Waals surface area contributed by atoms with E-state index in [1.165, 1.54) is 22.7 Å². The summed E-state index contributed by atoms with van der Waals surface area (Å²) in [6.45, 7) is 0. The Bertz CT molecular complexity index is 964. The zero-order valence-electron chi connectivity index (χ0n) is 13.6. The minimum atomic E-state index is -0.321. The number of aromatic nitrogens is 3. The second-order valence-corrected chi connectivity index (χ2v) is 6.78. The predicted octanol–water partition coefficient (Wildman–Crippen LogP) is 4.09. The summed E-state index contributed by atoms with van der Waals surface area (Å²) in [5.41, 5.74) is 9.75. The molecule has 0 aliphatic heterocycles. The molecule has 0 radical (unpaired) electrons. The van der Waals surface area contributed by atoms with Crippen molar-refractivity contribution < 1.29 is 4.42 Å². The lowest BCUT2D eigenvalue weighted by atomic mass is 10.1. The molecule has 0 saturated carbocycles. The van der Waals surface area contributed by atoms with Crippen LogP contribution in [0.1, 0.15) is 23.1 Å². The van der Waals surface area contributed by atoms with Gasteiger partial charge >= 0.3 is 0 Å². The number of rotatable bonds is 6. The van der Waals surface area contributed by atoms with Crippen molar-refractivity contribution in [3.8, 4) is 0 Å². The first-order valence-electron chi connectivity index (χ1n) is 8.10. The molecule has 1 atom stereocenters. The van der Waals surface area contributed by atoms with Crippen molar-refractivity contribution in [2.24, 2.45) is 5.73 Å². The molecule has 126 valence electrons. The van der Waals surface area contributed by atoms with Crippen LogP contribution in [0.3, 0.4) is 0 Å². The van der Waals surface area contributed by atoms with Gasteiger partial charge in [-0.15, -0.1) is 10.2 Å². The number of benzene rings is 2. The van der Waals surface area contributed by atoms with Crippen LogP contribution in [0.15, 0.2) is 70.4 Å². The van der Waals surface area contributed by atoms with Gasteiger partial charge < -0.3 is 15.1 Å². The number of para-hydroxylation sites is 1. The molecule has 2 heterocycles. The van der Waals surface area contributed by atoms with Gasteiger partial charge in [0.1, 0.15) is 0 Å². The Balaban J connectivity index is 1.42. The van der Waals surface area contributed by atoms with E-state index in [1.807, 2.05) is 36.5 Å². The van der Waals surface area contributed by atoms with Gasteiger partial charge in [-0.2, -0.15) is 0 Å². The molecule has 25 heavy (non-hydrogen) atoms. The lowest BCUT2D eigenvalue weighted by Gasteiger charge is -2.05. The molecular weight excluding hydrogens is 332 g/mol. The third-order valence-electron chi connectivity index (χ3n) is 4.06. The minimum Gasteiger partial charge on any atom is -0.414 e. The molecule has 0 aliphatic rings. The van der Waals surface area contributed by atoms with E-state index < -0.39 is 0 Å². The van der Waals surface area contributed by atoms with E-state index in [0.29, 0.717) is 17.5 Å². The predicted molar refractivity (Wildman–Crippen MR) is 99.2 cm³/mol. The lowest BCUT2D eigenvalue weighted by molar-refractivity contribution is 0.385. The lowest BCUT2D eigenvalue weighted by Crippen LogP contribution is -2.13. The van der Waals surface area contributed by atoms with Gasteiger partial charge in [0.15, 0.2) is 0 Å². The summed E-state index contributed by atoms with van der Waals surface area (Å²) in [6, 6.07) is 18.0. The maximum Gasteiger partial charge on any atom is 0.276 e. The number of aromatic amines is 1. The third-order valence-corrected chi connectivity index (χ3v) is 4.95. The Morgan fingerprint density at radius 3 is 2.72 bits per heavy atom. The number of fused-ring (bicyclic) bond motifs is 1. The van der Waals surface area contributed by atoms with Crippen LogP contribution in [-0.4, -0.2) is 15.2 Å². The van der Waals surface area contributed by atoms with Gasteiger partial charge in [0.25, 0.3) is 5.22 Å². The Morgan fingerprint density at radius 2 is 1.84 bits per heavy atom. The highest BCUT2D eigenvalue weighted by molar-refractivity contribution is 7.98. The number of nitrogens with two attached hydrogens (primary N) is 1. The summed E-state index contributed by atoms with van der Waals surface area (Å²) in [5.74, 6) is 1.26. The van der Waals surface area contributed by atoms with Crippen LogP contribution in [0, 0.1) is 0 Å². The molecule has 5 nitrogen and oxygen atoms in total. The fourth-order valence-corrected chi connectivity index (χ4v) is 3.50. The van der Waals surface area contributed by atoms with Crippen molar-refractivity contribution in [2.45, 2.75) is 23.4 Å². The van der Waals surface area contributed by atoms with E-state index in [0.717, 1.165) is 16.8 Å². The minimum absolute atomic E-state index is 0.321. The Kier molecular flexibility index (Phi) is 4.54. The molecule has 0 bridgehead atoms. The number of nitrogens with zero attached hydrogens (tertiary/aromatic N) is 2. The molecule has 3 N–H and O–H groups in total. The second kappa shape index (κ2) is 7.13. The number of H-pyrrole nitrogens is 1. The van der Waals surface area contributed by atoms with E-state index >= 15 is 0 Å². The zero-order chi connectivity index (χ0) is 17.1. The average molecular weight is 350 g/mol. The fraction of sp³-hybridized carbons (Fsp3) is 0.158. The summed E-state index contributed by atoms with van der Waals surface area (Å²) < 4.78 is 5.73. The van der Waals surface area contributed by atoms with Crippen molar-refractivity contribution in [3.05, 3.63) is 77.8 Å². The number of nitrogens with one attached hydrogen (secondary N) is 1. The summed E-state index contributed by atoms with van der Waals surface area (Å²) in [6.07, 6.45) is 2.64. The zero-order valence-corrected chi connectivity index (χ0v) is 14.4. The van der Waals surface area contributed by atoms with Gasteiger partial charge in [0.05, 0.1) is 6.04 Å². The number of hydrogen-bond acceptors (Lipinski definition) is 5. The monoisotopic (exact) mass is 350 g/mol. The molecule has 0 unspecified atom stereocenters. The van der Waals surface area contributed by atoms with Gasteiger partial charge in [-0.05, 0) is 23.6 Å². The molecule has 4 aromatic rings. The average Bonchev–Trinajstić information content (AvgIpc) is 3.29. The van der Waals surface area contributed by atoms with Gasteiger partial charge in [0, 0.05) is 22.9 Å². The highest BCUT2D eigenvalue weighted by Gasteiger charge is 2.17. The first-order valence-corrected chi connectivity index (χ1v) is 9.09. The molecule has 0 saturated heterocycles. The Hall–Kier alpha value is -2.57. The van der Waals surface area contributed by atoms with Crippen LogP contribution in [0.2, 0.25) is 0 Å². The van der Waals surface area contributed by atoms with Crippen molar-refractivity contribution >= 4 is 22.7 Å². The van der Waals surface area contributed by atoms with Crippen LogP contribution < -0.4 is 5.73 Å². The van der Waals surface area contributed by atoms with Crippen LogP contribution in [0.25, 0.3) is 10.9 Å². The maximum atomic E-state index is 6.28. The first-order chi connectivity index (χ1) is 12.3. The molecule has 4 rings (SSSR count). The largest absolute Gasteiger partial charge is 0.414 e. The maximum absolute atomic E-state index is 6.28. The smallest absolute Gasteiger partial charge is 0.276 e. The van der Waals surface area contributed by atoms with Crippen LogP contribution in [0.5, 0.6) is 0 Å². The van der Waals surface area contributed by atoms with Crippen LogP contribution in [-0.2, 0) is 12.2 Å². The number of thioether (sulfide) groups is 1. The van der Waals surface area contributed by atoms with E-state index in [-0.39, 0.29) is 6.04 Å². The molecule has 0 aliphatic carbocycles. The van der Waals surface area contributed by atoms with Crippen molar-refractivity contribution in [1.82, 2.24) is 15.2 Å². The van der Waals surface area contributed by atoms with Gasteiger partial charge in [-0.1, -0.05) is 60.3 Å². The normalized spacial score (nSPS) is 12.5. The summed E-state index contributed by atoms with van der Waals surface area (Å²) in [5, 5.41) is 9.94. The second-order valence-electron chi connectivity index (χ2n) is 5.85. The third kappa shape index (κ3) is 3.60. The summed E-state index contributed by atoms with van der Waals surface area (Å²) in [4.78, 5) is 3.26. The molecule has 0 fully saturated rings. The van der Waals surface area contributed by atoms with Crippen molar-refractivity contribution in [2.75, 3.05) is 0 Å². The summed E-state index contributed by atoms with van der Waals surface area (Å²) in [7, 11) is 0. The van der Waals surface area contributed by atoms with Gasteiger partial charge in [-0.3, -0.25) is 0 Å². The molecule has 6 heteroatoms. The Morgan fingerprint density at radius 1 is 1.04 bits per heavy atom. The molecule has 2 aromatic carbocycles. The van der Waals surface area contributed by atoms with E-state index in [9.17, 15) is 0 Å². The first kappa shape index (κ1) is 15.9. The highest BCUT2D eigenvalue weighted by atomic mass is 32.2. The van der Waals surface area contributed by atoms with Crippen molar-refractivity contribution in [3.63, 3.8) is 0 Å². The number of hydrogen-bond donors (Lipinski definition) is 2. The van der Waals surface area contributed by atoms with E-state index in [4.69, 9.17) is 10.2 Å². The summed E-state index contributed by atoms with van der Waals surface area (Å²) >= 11 is 1.52. The van der Waals surface area contributed by atoms with Crippen LogP contribution >= 0.6 is 11.8 Å². The van der Waals surface area contributed by atoms with E-state index in [2.05, 4.69) is 39.4 Å². The quantitative estimate of drug-likeness (QED) is 0.512.